The maximum Gasteiger partial charge on any atom is 0.302 e. The third-order valence-corrected chi connectivity index (χ3v) is 8.49. The summed E-state index contributed by atoms with van der Waals surface area (Å²) in [5, 5.41) is 0. The molecule has 0 aromatic carbocycles. The van der Waals surface area contributed by atoms with Crippen molar-refractivity contribution in [1.82, 2.24) is 0 Å². The summed E-state index contributed by atoms with van der Waals surface area (Å²) in [6.07, 6.45) is 9.96. The fraction of sp³-hybridized carbons (Fsp3) is 0.680. The number of esters is 1. The van der Waals surface area contributed by atoms with Crippen LogP contribution in [0.1, 0.15) is 66.2 Å². The van der Waals surface area contributed by atoms with E-state index in [0.717, 1.165) is 37.9 Å². The number of carbonyl (C=O) groups excluding carboxylic acids is 2. The van der Waals surface area contributed by atoms with E-state index in [1.54, 1.807) is 7.11 Å². The molecule has 4 nitrogen and oxygen atoms in total. The molecule has 0 amide bonds. The number of hydrogen-bond donors (Lipinski definition) is 0. The highest BCUT2D eigenvalue weighted by molar-refractivity contribution is 5.86. The number of allylic oxidation sites excluding steroid dienone is 5. The van der Waals surface area contributed by atoms with E-state index in [1.807, 2.05) is 0 Å². The molecule has 0 saturated heterocycles. The van der Waals surface area contributed by atoms with Gasteiger partial charge in [-0.15, -0.1) is 0 Å². The van der Waals surface area contributed by atoms with E-state index < -0.39 is 0 Å². The van der Waals surface area contributed by atoms with Crippen molar-refractivity contribution in [1.29, 1.82) is 0 Å². The molecule has 5 atom stereocenters. The molecule has 0 bridgehead atoms. The predicted octanol–water partition coefficient (Wildman–Crippen LogP) is 5.15. The first-order valence-corrected chi connectivity index (χ1v) is 11.0. The van der Waals surface area contributed by atoms with Gasteiger partial charge in [-0.2, -0.15) is 0 Å². The summed E-state index contributed by atoms with van der Waals surface area (Å²) in [5.74, 6) is 2.26. The fourth-order valence-corrected chi connectivity index (χ4v) is 7.18. The summed E-state index contributed by atoms with van der Waals surface area (Å²) >= 11 is 0. The minimum atomic E-state index is -0.254. The highest BCUT2D eigenvalue weighted by atomic mass is 16.5. The van der Waals surface area contributed by atoms with Crippen LogP contribution in [0.2, 0.25) is 0 Å². The van der Waals surface area contributed by atoms with Crippen LogP contribution < -0.4 is 0 Å². The lowest BCUT2D eigenvalue weighted by molar-refractivity contribution is -0.141. The molecular weight excluding hydrogens is 364 g/mol. The second-order valence-corrected chi connectivity index (χ2v) is 10.0. The molecule has 0 spiro atoms. The molecule has 0 heterocycles. The van der Waals surface area contributed by atoms with Gasteiger partial charge in [0.15, 0.2) is 0 Å². The molecule has 4 rings (SSSR count). The Kier molecular flexibility index (Phi) is 5.03. The number of ketones is 1. The maximum atomic E-state index is 13.6. The summed E-state index contributed by atoms with van der Waals surface area (Å²) in [5.41, 5.74) is 3.94. The van der Waals surface area contributed by atoms with Crippen LogP contribution >= 0.6 is 0 Å². The monoisotopic (exact) mass is 398 g/mol. The number of rotatable bonds is 3. The van der Waals surface area contributed by atoms with Crippen molar-refractivity contribution >= 4 is 11.8 Å². The van der Waals surface area contributed by atoms with Gasteiger partial charge in [-0.1, -0.05) is 25.0 Å². The Labute approximate surface area is 174 Å². The predicted molar refractivity (Wildman–Crippen MR) is 112 cm³/mol. The van der Waals surface area contributed by atoms with Crippen LogP contribution in [-0.2, 0) is 19.1 Å². The van der Waals surface area contributed by atoms with E-state index in [4.69, 9.17) is 9.47 Å². The third-order valence-electron chi connectivity index (χ3n) is 8.49. The Morgan fingerprint density at radius 2 is 2.03 bits per heavy atom. The van der Waals surface area contributed by atoms with Crippen molar-refractivity contribution in [3.63, 3.8) is 0 Å². The molecule has 0 unspecified atom stereocenters. The van der Waals surface area contributed by atoms with Crippen molar-refractivity contribution in [3.8, 4) is 0 Å². The van der Waals surface area contributed by atoms with Crippen LogP contribution in [0.5, 0.6) is 0 Å². The molecule has 0 aliphatic heterocycles. The number of methoxy groups -OCH3 is 1. The molecule has 0 N–H and O–H groups in total. The first-order chi connectivity index (χ1) is 13.7. The van der Waals surface area contributed by atoms with Gasteiger partial charge in [0.05, 0.1) is 12.9 Å². The molecule has 4 aliphatic rings. The highest BCUT2D eigenvalue weighted by Crippen LogP contribution is 2.65. The van der Waals surface area contributed by atoms with Gasteiger partial charge < -0.3 is 9.47 Å². The van der Waals surface area contributed by atoms with Crippen molar-refractivity contribution in [2.75, 3.05) is 13.7 Å². The molecule has 2 fully saturated rings. The number of hydrogen-bond acceptors (Lipinski definition) is 4. The standard InChI is InChI=1S/C25H34O4/c1-15-12-19-20-7-6-17(9-11-29-16(2)26)25(20,4)14-22(27)23(19)24(3)10-8-18(28-5)13-21(15)24/h9,13,19-20,23H,6-8,10-12,14H2,1-5H3/t19-,20-,23+,24-,25+/m0/s1. The van der Waals surface area contributed by atoms with Gasteiger partial charge in [0.2, 0.25) is 0 Å². The van der Waals surface area contributed by atoms with Gasteiger partial charge in [0.1, 0.15) is 12.4 Å². The Morgan fingerprint density at radius 1 is 1.28 bits per heavy atom. The number of Topliss-reactive ketones (excluding diaryl/α,β-unsaturated/α-hetero) is 1. The van der Waals surface area contributed by atoms with E-state index in [9.17, 15) is 9.59 Å². The van der Waals surface area contributed by atoms with Gasteiger partial charge in [0, 0.05) is 31.1 Å². The number of fused-ring (bicyclic) bond motifs is 5. The summed E-state index contributed by atoms with van der Waals surface area (Å²) < 4.78 is 10.7. The molecular formula is C25H34O4. The number of ether oxygens (including phenoxy) is 2. The molecule has 29 heavy (non-hydrogen) atoms. The lowest BCUT2D eigenvalue weighted by Crippen LogP contribution is -2.53. The Morgan fingerprint density at radius 3 is 2.72 bits per heavy atom. The SMILES string of the molecule is COC1=CC2=C(C)C[C@@H]3[C@H](C(=O)C[C@]4(C)C(=CCOC(C)=O)CC[C@@H]34)[C@@]2(C)CC1. The van der Waals surface area contributed by atoms with Crippen LogP contribution in [0.15, 0.2) is 34.6 Å². The van der Waals surface area contributed by atoms with Crippen molar-refractivity contribution in [2.45, 2.75) is 66.2 Å². The highest BCUT2D eigenvalue weighted by Gasteiger charge is 2.60. The first-order valence-electron chi connectivity index (χ1n) is 11.0. The second-order valence-electron chi connectivity index (χ2n) is 10.0. The molecule has 158 valence electrons. The molecule has 4 aliphatic carbocycles. The Hall–Kier alpha value is -1.84. The first kappa shape index (κ1) is 20.4. The topological polar surface area (TPSA) is 52.6 Å². The average molecular weight is 399 g/mol. The van der Waals surface area contributed by atoms with Gasteiger partial charge in [-0.05, 0) is 67.6 Å². The van der Waals surface area contributed by atoms with E-state index >= 15 is 0 Å². The van der Waals surface area contributed by atoms with Crippen LogP contribution in [0.3, 0.4) is 0 Å². The molecule has 2 saturated carbocycles. The summed E-state index contributed by atoms with van der Waals surface area (Å²) in [6.45, 7) is 8.61. The third kappa shape index (κ3) is 3.10. The minimum absolute atomic E-state index is 0.0718. The van der Waals surface area contributed by atoms with E-state index in [-0.39, 0.29) is 22.7 Å². The maximum absolute atomic E-state index is 13.6. The quantitative estimate of drug-likeness (QED) is 0.487. The van der Waals surface area contributed by atoms with Crippen LogP contribution in [0.25, 0.3) is 0 Å². The lowest BCUT2D eigenvalue weighted by atomic mass is 9.47. The summed E-state index contributed by atoms with van der Waals surface area (Å²) in [6, 6.07) is 0. The van der Waals surface area contributed by atoms with E-state index in [1.165, 1.54) is 23.6 Å². The Balaban J connectivity index is 1.69. The van der Waals surface area contributed by atoms with Crippen molar-refractivity contribution in [2.24, 2.45) is 28.6 Å². The molecule has 0 aromatic rings. The van der Waals surface area contributed by atoms with E-state index in [2.05, 4.69) is 32.9 Å². The van der Waals surface area contributed by atoms with Gasteiger partial charge >= 0.3 is 5.97 Å². The lowest BCUT2D eigenvalue weighted by Gasteiger charge is -2.56. The zero-order valence-corrected chi connectivity index (χ0v) is 18.5. The van der Waals surface area contributed by atoms with Gasteiger partial charge in [0.25, 0.3) is 0 Å². The smallest absolute Gasteiger partial charge is 0.302 e. The average Bonchev–Trinajstić information content (AvgIpc) is 2.97. The molecule has 0 radical (unpaired) electrons. The number of carbonyl (C=O) groups is 2. The van der Waals surface area contributed by atoms with E-state index in [0.29, 0.717) is 30.6 Å². The molecule has 4 heteroatoms. The van der Waals surface area contributed by atoms with Crippen LogP contribution in [0.4, 0.5) is 0 Å². The Bertz CT molecular complexity index is 832. The zero-order valence-electron chi connectivity index (χ0n) is 18.5. The van der Waals surface area contributed by atoms with Gasteiger partial charge in [-0.25, -0.2) is 0 Å². The van der Waals surface area contributed by atoms with Crippen molar-refractivity contribution in [3.05, 3.63) is 34.6 Å². The van der Waals surface area contributed by atoms with Crippen LogP contribution in [0, 0.1) is 28.6 Å². The summed E-state index contributed by atoms with van der Waals surface area (Å²) in [7, 11) is 1.75. The second kappa shape index (κ2) is 7.14. The van der Waals surface area contributed by atoms with Crippen LogP contribution in [-0.4, -0.2) is 25.5 Å². The fourth-order valence-electron chi connectivity index (χ4n) is 7.18. The van der Waals surface area contributed by atoms with Gasteiger partial charge in [-0.3, -0.25) is 9.59 Å². The largest absolute Gasteiger partial charge is 0.501 e. The normalized spacial score (nSPS) is 40.2. The van der Waals surface area contributed by atoms with Crippen molar-refractivity contribution < 1.29 is 19.1 Å². The minimum Gasteiger partial charge on any atom is -0.501 e. The molecule has 0 aromatic heterocycles. The summed E-state index contributed by atoms with van der Waals surface area (Å²) in [4.78, 5) is 24.8. The zero-order chi connectivity index (χ0) is 21.0.